The summed E-state index contributed by atoms with van der Waals surface area (Å²) in [5.74, 6) is 0.587. The standard InChI is InChI=1S/C23H36N4O2/c1-4-7-14-26(15-8-5-2)16-17-27-21-12-10-19(11-13-23(28)25-29)18-20(21)24-22(27)9-6-3/h10-13,18,29H,4-9,14-17H2,1-3H3,(H,25,28). The summed E-state index contributed by atoms with van der Waals surface area (Å²) in [5, 5.41) is 8.62. The summed E-state index contributed by atoms with van der Waals surface area (Å²) in [6.07, 6.45) is 9.94. The number of imidazole rings is 1. The van der Waals surface area contributed by atoms with E-state index in [1.54, 1.807) is 11.6 Å². The summed E-state index contributed by atoms with van der Waals surface area (Å²) in [7, 11) is 0. The molecule has 0 radical (unpaired) electrons. The van der Waals surface area contributed by atoms with Crippen LogP contribution >= 0.6 is 0 Å². The fourth-order valence-corrected chi connectivity index (χ4v) is 3.51. The van der Waals surface area contributed by atoms with Gasteiger partial charge in [0.2, 0.25) is 0 Å². The molecule has 0 unspecified atom stereocenters. The largest absolute Gasteiger partial charge is 0.327 e. The number of hydrogen-bond donors (Lipinski definition) is 2. The molecule has 0 fully saturated rings. The summed E-state index contributed by atoms with van der Waals surface area (Å²) in [6, 6.07) is 6.07. The van der Waals surface area contributed by atoms with Crippen LogP contribution in [0.4, 0.5) is 0 Å². The van der Waals surface area contributed by atoms with E-state index >= 15 is 0 Å². The number of hydroxylamine groups is 1. The van der Waals surface area contributed by atoms with Crippen molar-refractivity contribution >= 4 is 23.0 Å². The third kappa shape index (κ3) is 6.98. The monoisotopic (exact) mass is 400 g/mol. The predicted molar refractivity (Wildman–Crippen MR) is 119 cm³/mol. The number of nitrogens with zero attached hydrogens (tertiary/aromatic N) is 3. The first-order valence-electron chi connectivity index (χ1n) is 11.0. The normalized spacial score (nSPS) is 11.8. The van der Waals surface area contributed by atoms with Crippen molar-refractivity contribution in [2.75, 3.05) is 19.6 Å². The van der Waals surface area contributed by atoms with Crippen LogP contribution in [-0.2, 0) is 17.8 Å². The van der Waals surface area contributed by atoms with Gasteiger partial charge in [0.1, 0.15) is 5.82 Å². The van der Waals surface area contributed by atoms with Crippen LogP contribution < -0.4 is 5.48 Å². The van der Waals surface area contributed by atoms with Crippen LogP contribution in [-0.4, -0.2) is 45.2 Å². The zero-order valence-corrected chi connectivity index (χ0v) is 18.2. The van der Waals surface area contributed by atoms with Crippen LogP contribution in [0.25, 0.3) is 17.1 Å². The summed E-state index contributed by atoms with van der Waals surface area (Å²) in [6.45, 7) is 11.0. The maximum absolute atomic E-state index is 11.2. The molecule has 0 saturated heterocycles. The van der Waals surface area contributed by atoms with E-state index in [4.69, 9.17) is 10.2 Å². The lowest BCUT2D eigenvalue weighted by Crippen LogP contribution is -2.30. The number of amides is 1. The van der Waals surface area contributed by atoms with Crippen molar-refractivity contribution < 1.29 is 10.0 Å². The van der Waals surface area contributed by atoms with E-state index in [2.05, 4.69) is 36.3 Å². The van der Waals surface area contributed by atoms with Crippen molar-refractivity contribution in [2.24, 2.45) is 0 Å². The molecule has 0 saturated carbocycles. The van der Waals surface area contributed by atoms with Gasteiger partial charge in [-0.05, 0) is 56.1 Å². The molecule has 6 heteroatoms. The Balaban J connectivity index is 2.22. The van der Waals surface area contributed by atoms with Crippen LogP contribution in [0.5, 0.6) is 0 Å². The Hall–Kier alpha value is -2.18. The minimum absolute atomic E-state index is 0.540. The van der Waals surface area contributed by atoms with Gasteiger partial charge in [-0.1, -0.05) is 39.7 Å². The molecule has 0 aliphatic rings. The SMILES string of the molecule is CCCCN(CCCC)CCn1c(CCC)nc2cc(C=CC(=O)NO)ccc21. The lowest BCUT2D eigenvalue weighted by molar-refractivity contribution is -0.124. The van der Waals surface area contributed by atoms with Gasteiger partial charge in [-0.25, -0.2) is 10.5 Å². The average molecular weight is 401 g/mol. The molecule has 6 nitrogen and oxygen atoms in total. The number of rotatable bonds is 13. The van der Waals surface area contributed by atoms with E-state index in [1.807, 2.05) is 12.1 Å². The minimum atomic E-state index is -0.540. The number of nitrogens with one attached hydrogen (secondary N) is 1. The van der Waals surface area contributed by atoms with Gasteiger partial charge < -0.3 is 9.47 Å². The Labute approximate surface area is 174 Å². The highest BCUT2D eigenvalue weighted by molar-refractivity contribution is 5.91. The molecule has 0 spiro atoms. The summed E-state index contributed by atoms with van der Waals surface area (Å²) < 4.78 is 2.36. The number of hydrogen-bond acceptors (Lipinski definition) is 4. The summed E-state index contributed by atoms with van der Waals surface area (Å²) in [4.78, 5) is 18.7. The second-order valence-electron chi connectivity index (χ2n) is 7.54. The number of aromatic nitrogens is 2. The lowest BCUT2D eigenvalue weighted by Gasteiger charge is -2.23. The van der Waals surface area contributed by atoms with Crippen molar-refractivity contribution in [1.82, 2.24) is 19.9 Å². The first-order valence-corrected chi connectivity index (χ1v) is 11.0. The third-order valence-electron chi connectivity index (χ3n) is 5.16. The number of carbonyl (C=O) groups excluding carboxylic acids is 1. The van der Waals surface area contributed by atoms with Crippen molar-refractivity contribution in [1.29, 1.82) is 0 Å². The fraction of sp³-hybridized carbons (Fsp3) is 0.565. The van der Waals surface area contributed by atoms with Crippen LogP contribution in [0, 0.1) is 0 Å². The van der Waals surface area contributed by atoms with Crippen LogP contribution in [0.15, 0.2) is 24.3 Å². The van der Waals surface area contributed by atoms with E-state index < -0.39 is 5.91 Å². The summed E-state index contributed by atoms with van der Waals surface area (Å²) in [5.41, 5.74) is 4.59. The van der Waals surface area contributed by atoms with E-state index in [1.165, 1.54) is 31.8 Å². The zero-order valence-electron chi connectivity index (χ0n) is 18.2. The fourth-order valence-electron chi connectivity index (χ4n) is 3.51. The van der Waals surface area contributed by atoms with Crippen LogP contribution in [0.1, 0.15) is 64.3 Å². The molecule has 0 bridgehead atoms. The van der Waals surface area contributed by atoms with Gasteiger partial charge in [-0.15, -0.1) is 0 Å². The Morgan fingerprint density at radius 3 is 2.48 bits per heavy atom. The Kier molecular flexibility index (Phi) is 9.88. The predicted octanol–water partition coefficient (Wildman–Crippen LogP) is 4.41. The van der Waals surface area contributed by atoms with Gasteiger partial charge in [0.25, 0.3) is 5.91 Å². The molecule has 2 N–H and O–H groups in total. The first kappa shape index (κ1) is 23.1. The Morgan fingerprint density at radius 1 is 1.14 bits per heavy atom. The lowest BCUT2D eigenvalue weighted by atomic mass is 10.2. The molecule has 2 rings (SSSR count). The number of unbranched alkanes of at least 4 members (excludes halogenated alkanes) is 2. The van der Waals surface area contributed by atoms with Gasteiger partial charge in [0.15, 0.2) is 0 Å². The molecule has 0 aliphatic heterocycles. The van der Waals surface area contributed by atoms with E-state index in [-0.39, 0.29) is 0 Å². The maximum atomic E-state index is 11.2. The van der Waals surface area contributed by atoms with Gasteiger partial charge in [-0.3, -0.25) is 10.0 Å². The maximum Gasteiger partial charge on any atom is 0.267 e. The number of fused-ring (bicyclic) bond motifs is 1. The molecule has 1 heterocycles. The second-order valence-corrected chi connectivity index (χ2v) is 7.54. The number of carbonyl (C=O) groups is 1. The third-order valence-corrected chi connectivity index (χ3v) is 5.16. The van der Waals surface area contributed by atoms with E-state index in [0.29, 0.717) is 0 Å². The molecular weight excluding hydrogens is 364 g/mol. The minimum Gasteiger partial charge on any atom is -0.327 e. The van der Waals surface area contributed by atoms with Crippen LogP contribution in [0.3, 0.4) is 0 Å². The number of benzene rings is 1. The van der Waals surface area contributed by atoms with E-state index in [9.17, 15) is 4.79 Å². The molecule has 0 atom stereocenters. The van der Waals surface area contributed by atoms with E-state index in [0.717, 1.165) is 61.4 Å². The molecule has 1 amide bonds. The second kappa shape index (κ2) is 12.4. The highest BCUT2D eigenvalue weighted by atomic mass is 16.5. The zero-order chi connectivity index (χ0) is 21.1. The van der Waals surface area contributed by atoms with Crippen molar-refractivity contribution in [3.8, 4) is 0 Å². The van der Waals surface area contributed by atoms with Crippen molar-refractivity contribution in [2.45, 2.75) is 65.8 Å². The molecular formula is C23H36N4O2. The molecule has 29 heavy (non-hydrogen) atoms. The smallest absolute Gasteiger partial charge is 0.267 e. The van der Waals surface area contributed by atoms with Crippen molar-refractivity contribution in [3.63, 3.8) is 0 Å². The molecule has 1 aromatic heterocycles. The molecule has 1 aromatic carbocycles. The van der Waals surface area contributed by atoms with Gasteiger partial charge in [0.05, 0.1) is 11.0 Å². The highest BCUT2D eigenvalue weighted by Gasteiger charge is 2.12. The molecule has 2 aromatic rings. The average Bonchev–Trinajstić information content (AvgIpc) is 3.08. The number of aryl methyl sites for hydroxylation is 1. The highest BCUT2D eigenvalue weighted by Crippen LogP contribution is 2.20. The molecule has 0 aliphatic carbocycles. The first-order chi connectivity index (χ1) is 14.1. The van der Waals surface area contributed by atoms with Gasteiger partial charge >= 0.3 is 0 Å². The van der Waals surface area contributed by atoms with Crippen molar-refractivity contribution in [3.05, 3.63) is 35.7 Å². The Bertz CT molecular complexity index is 790. The molecule has 160 valence electrons. The quantitative estimate of drug-likeness (QED) is 0.297. The topological polar surface area (TPSA) is 70.4 Å². The Morgan fingerprint density at radius 2 is 1.86 bits per heavy atom. The summed E-state index contributed by atoms with van der Waals surface area (Å²) >= 11 is 0. The van der Waals surface area contributed by atoms with Crippen LogP contribution in [0.2, 0.25) is 0 Å². The van der Waals surface area contributed by atoms with Gasteiger partial charge in [-0.2, -0.15) is 0 Å². The van der Waals surface area contributed by atoms with Gasteiger partial charge in [0, 0.05) is 25.6 Å².